The summed E-state index contributed by atoms with van der Waals surface area (Å²) in [6.07, 6.45) is 2.36. The number of thiophene rings is 1. The van der Waals surface area contributed by atoms with Crippen molar-refractivity contribution in [3.63, 3.8) is 0 Å². The lowest BCUT2D eigenvalue weighted by atomic mass is 10.0. The van der Waals surface area contributed by atoms with Gasteiger partial charge in [-0.2, -0.15) is 0 Å². The van der Waals surface area contributed by atoms with Crippen LogP contribution in [0.2, 0.25) is 0 Å². The molecule has 7 nitrogen and oxygen atoms in total. The van der Waals surface area contributed by atoms with Gasteiger partial charge in [0.25, 0.3) is 5.56 Å². The minimum atomic E-state index is -0.788. The molecule has 1 amide bonds. The number of rotatable bonds is 7. The van der Waals surface area contributed by atoms with Crippen molar-refractivity contribution in [2.45, 2.75) is 33.2 Å². The van der Waals surface area contributed by atoms with Crippen molar-refractivity contribution in [2.24, 2.45) is 0 Å². The topological polar surface area (TPSA) is 90.3 Å². The molecule has 2 heterocycles. The minimum Gasteiger partial charge on any atom is -0.462 e. The highest BCUT2D eigenvalue weighted by molar-refractivity contribution is 7.17. The van der Waals surface area contributed by atoms with Crippen molar-refractivity contribution >= 4 is 39.1 Å². The van der Waals surface area contributed by atoms with Crippen LogP contribution in [-0.2, 0) is 16.0 Å². The zero-order chi connectivity index (χ0) is 24.2. The van der Waals surface area contributed by atoms with E-state index in [0.29, 0.717) is 21.5 Å². The maximum Gasteiger partial charge on any atom is 0.338 e. The fourth-order valence-electron chi connectivity index (χ4n) is 3.63. The van der Waals surface area contributed by atoms with Crippen LogP contribution in [0.25, 0.3) is 21.3 Å². The zero-order valence-electron chi connectivity index (χ0n) is 19.2. The van der Waals surface area contributed by atoms with E-state index in [2.05, 4.69) is 29.4 Å². The minimum absolute atomic E-state index is 0.263. The van der Waals surface area contributed by atoms with Gasteiger partial charge in [-0.3, -0.25) is 14.2 Å². The van der Waals surface area contributed by atoms with Crippen molar-refractivity contribution in [1.29, 1.82) is 0 Å². The summed E-state index contributed by atoms with van der Waals surface area (Å²) < 4.78 is 6.32. The van der Waals surface area contributed by atoms with Gasteiger partial charge in [-0.05, 0) is 55.7 Å². The van der Waals surface area contributed by atoms with E-state index in [0.717, 1.165) is 17.5 Å². The van der Waals surface area contributed by atoms with E-state index in [1.54, 1.807) is 38.1 Å². The Morgan fingerprint density at radius 1 is 1.09 bits per heavy atom. The Labute approximate surface area is 201 Å². The van der Waals surface area contributed by atoms with Crippen LogP contribution in [0.15, 0.2) is 65.0 Å². The van der Waals surface area contributed by atoms with Gasteiger partial charge < -0.3 is 10.1 Å². The van der Waals surface area contributed by atoms with Crippen LogP contribution in [0.5, 0.6) is 0 Å². The molecule has 0 bridgehead atoms. The average Bonchev–Trinajstić information content (AvgIpc) is 3.29. The molecule has 0 aliphatic heterocycles. The zero-order valence-corrected chi connectivity index (χ0v) is 20.0. The first kappa shape index (κ1) is 23.4. The highest BCUT2D eigenvalue weighted by atomic mass is 32.1. The van der Waals surface area contributed by atoms with Gasteiger partial charge in [-0.15, -0.1) is 11.3 Å². The summed E-state index contributed by atoms with van der Waals surface area (Å²) in [5, 5.41) is 5.23. The van der Waals surface area contributed by atoms with Crippen LogP contribution in [-0.4, -0.2) is 28.0 Å². The van der Waals surface area contributed by atoms with Gasteiger partial charge in [-0.1, -0.05) is 31.2 Å². The lowest BCUT2D eigenvalue weighted by molar-refractivity contribution is -0.118. The van der Waals surface area contributed by atoms with Crippen LogP contribution in [0.1, 0.15) is 42.7 Å². The first-order chi connectivity index (χ1) is 16.4. The molecule has 0 aliphatic carbocycles. The molecule has 1 atom stereocenters. The lowest BCUT2D eigenvalue weighted by Crippen LogP contribution is -2.31. The van der Waals surface area contributed by atoms with Crippen LogP contribution in [0, 0.1) is 0 Å². The summed E-state index contributed by atoms with van der Waals surface area (Å²) in [5.74, 6) is -0.785. The summed E-state index contributed by atoms with van der Waals surface area (Å²) in [5.41, 5.74) is 3.63. The van der Waals surface area contributed by atoms with Gasteiger partial charge in [0.2, 0.25) is 5.91 Å². The number of hydrogen-bond donors (Lipinski definition) is 1. The average molecular weight is 476 g/mol. The third kappa shape index (κ3) is 4.63. The summed E-state index contributed by atoms with van der Waals surface area (Å²) in [6.45, 7) is 5.78. The number of carbonyl (C=O) groups is 2. The maximum absolute atomic E-state index is 13.4. The van der Waals surface area contributed by atoms with Gasteiger partial charge in [-0.25, -0.2) is 9.78 Å². The van der Waals surface area contributed by atoms with Gasteiger partial charge in [0.05, 0.1) is 23.9 Å². The Balaban J connectivity index is 1.59. The van der Waals surface area contributed by atoms with Crippen molar-refractivity contribution in [1.82, 2.24) is 9.55 Å². The molecule has 0 fully saturated rings. The number of amides is 1. The number of esters is 1. The molecule has 0 spiro atoms. The quantitative estimate of drug-likeness (QED) is 0.377. The summed E-state index contributed by atoms with van der Waals surface area (Å²) in [6, 6.07) is 13.7. The maximum atomic E-state index is 13.4. The number of hydrogen-bond acceptors (Lipinski definition) is 6. The predicted octanol–water partition coefficient (Wildman–Crippen LogP) is 5.06. The Bertz CT molecular complexity index is 1390. The molecule has 0 saturated heterocycles. The molecule has 0 aliphatic rings. The predicted molar refractivity (Wildman–Crippen MR) is 134 cm³/mol. The molecule has 174 valence electrons. The number of carbonyl (C=O) groups excluding carboxylic acids is 2. The first-order valence-electron chi connectivity index (χ1n) is 11.1. The fraction of sp³-hybridized carbons (Fsp3) is 0.231. The Kier molecular flexibility index (Phi) is 6.88. The second-order valence-corrected chi connectivity index (χ2v) is 8.66. The van der Waals surface area contributed by atoms with Gasteiger partial charge >= 0.3 is 5.97 Å². The monoisotopic (exact) mass is 475 g/mol. The standard InChI is InChI=1S/C26H25N3O4S/c1-4-17-6-8-18(9-7-17)21-14-34-24-22(21)25(31)29(15-27-24)16(3)23(30)28-20-12-10-19(11-13-20)26(32)33-5-2/h6-16H,4-5H2,1-3H3,(H,28,30). The second-order valence-electron chi connectivity index (χ2n) is 7.80. The molecule has 4 rings (SSSR count). The van der Waals surface area contributed by atoms with Crippen molar-refractivity contribution in [3.05, 3.63) is 81.7 Å². The molecule has 2 aromatic carbocycles. The normalized spacial score (nSPS) is 11.9. The highest BCUT2D eigenvalue weighted by Crippen LogP contribution is 2.31. The van der Waals surface area contributed by atoms with E-state index in [4.69, 9.17) is 4.74 Å². The number of ether oxygens (including phenoxy) is 1. The number of benzene rings is 2. The Hall–Kier alpha value is -3.78. The smallest absolute Gasteiger partial charge is 0.338 e. The molecular weight excluding hydrogens is 450 g/mol. The molecule has 34 heavy (non-hydrogen) atoms. The molecule has 4 aromatic rings. The number of anilines is 1. The Morgan fingerprint density at radius 2 is 1.79 bits per heavy atom. The van der Waals surface area contributed by atoms with Gasteiger partial charge in [0, 0.05) is 16.6 Å². The summed E-state index contributed by atoms with van der Waals surface area (Å²) in [7, 11) is 0. The molecule has 1 N–H and O–H groups in total. The van der Waals surface area contributed by atoms with Crippen LogP contribution in [0.3, 0.4) is 0 Å². The van der Waals surface area contributed by atoms with Crippen LogP contribution in [0.4, 0.5) is 5.69 Å². The number of fused-ring (bicyclic) bond motifs is 1. The van der Waals surface area contributed by atoms with E-state index in [9.17, 15) is 14.4 Å². The first-order valence-corrected chi connectivity index (χ1v) is 12.0. The lowest BCUT2D eigenvalue weighted by Gasteiger charge is -2.15. The second kappa shape index (κ2) is 10.0. The van der Waals surface area contributed by atoms with Gasteiger partial charge in [0.15, 0.2) is 0 Å². The fourth-order valence-corrected chi connectivity index (χ4v) is 4.54. The SMILES string of the molecule is CCOC(=O)c1ccc(NC(=O)C(C)n2cnc3scc(-c4ccc(CC)cc4)c3c2=O)cc1. The van der Waals surface area contributed by atoms with Crippen LogP contribution >= 0.6 is 11.3 Å². The molecule has 2 aromatic heterocycles. The molecule has 8 heteroatoms. The highest BCUT2D eigenvalue weighted by Gasteiger charge is 2.20. The number of nitrogens with one attached hydrogen (secondary N) is 1. The van der Waals surface area contributed by atoms with Crippen molar-refractivity contribution < 1.29 is 14.3 Å². The molecule has 0 saturated carbocycles. The molecular formula is C26H25N3O4S. The largest absolute Gasteiger partial charge is 0.462 e. The van der Waals surface area contributed by atoms with E-state index in [1.807, 2.05) is 17.5 Å². The van der Waals surface area contributed by atoms with E-state index in [1.165, 1.54) is 27.8 Å². The third-order valence-corrected chi connectivity index (χ3v) is 6.54. The number of aromatic nitrogens is 2. The van der Waals surface area contributed by atoms with Crippen LogP contribution < -0.4 is 10.9 Å². The third-order valence-electron chi connectivity index (χ3n) is 5.65. The summed E-state index contributed by atoms with van der Waals surface area (Å²) in [4.78, 5) is 43.2. The van der Waals surface area contributed by atoms with Crippen molar-refractivity contribution in [2.75, 3.05) is 11.9 Å². The summed E-state index contributed by atoms with van der Waals surface area (Å²) >= 11 is 1.41. The van der Waals surface area contributed by atoms with E-state index in [-0.39, 0.29) is 18.1 Å². The number of nitrogens with zero attached hydrogens (tertiary/aromatic N) is 2. The molecule has 0 radical (unpaired) electrons. The number of aryl methyl sites for hydroxylation is 1. The van der Waals surface area contributed by atoms with E-state index >= 15 is 0 Å². The van der Waals surface area contributed by atoms with E-state index < -0.39 is 12.0 Å². The Morgan fingerprint density at radius 3 is 2.44 bits per heavy atom. The van der Waals surface area contributed by atoms with Gasteiger partial charge in [0.1, 0.15) is 10.9 Å². The van der Waals surface area contributed by atoms with Crippen molar-refractivity contribution in [3.8, 4) is 11.1 Å². The molecule has 1 unspecified atom stereocenters.